The molecule has 2 aromatic rings. The van der Waals surface area contributed by atoms with Gasteiger partial charge in [-0.3, -0.25) is 0 Å². The maximum absolute atomic E-state index is 13.8. The van der Waals surface area contributed by atoms with E-state index >= 15 is 0 Å². The molecule has 1 atom stereocenters. The summed E-state index contributed by atoms with van der Waals surface area (Å²) >= 11 is 1.96. The molecule has 1 aromatic carbocycles. The van der Waals surface area contributed by atoms with Crippen LogP contribution in [0.5, 0.6) is 0 Å². The molecule has 1 saturated heterocycles. The second-order valence-corrected chi connectivity index (χ2v) is 5.77. The first-order valence-electron chi connectivity index (χ1n) is 6.16. The monoisotopic (exact) mass is 265 g/mol. The third-order valence-corrected chi connectivity index (χ3v) is 4.50. The number of hydrogen-bond acceptors (Lipinski definition) is 3. The average molecular weight is 265 g/mol. The minimum absolute atomic E-state index is 0.195. The molecular weight excluding hydrogens is 249 g/mol. The number of nitrogens with one attached hydrogen (secondary N) is 1. The Kier molecular flexibility index (Phi) is 3.26. The SMILES string of the molecule is Cn1c(CC2CSCCN2)nc2cccc(F)c21. The lowest BCUT2D eigenvalue weighted by molar-refractivity contribution is 0.542. The summed E-state index contributed by atoms with van der Waals surface area (Å²) in [5.74, 6) is 3.04. The highest BCUT2D eigenvalue weighted by Crippen LogP contribution is 2.20. The van der Waals surface area contributed by atoms with Crippen LogP contribution in [0.1, 0.15) is 5.82 Å². The summed E-state index contributed by atoms with van der Waals surface area (Å²) in [5, 5.41) is 3.49. The minimum Gasteiger partial charge on any atom is -0.329 e. The van der Waals surface area contributed by atoms with Crippen LogP contribution in [-0.4, -0.2) is 33.6 Å². The molecule has 1 unspecified atom stereocenters. The predicted octanol–water partition coefficient (Wildman–Crippen LogP) is 1.96. The zero-order valence-electron chi connectivity index (χ0n) is 10.3. The molecule has 0 spiro atoms. The van der Waals surface area contributed by atoms with Gasteiger partial charge in [0.15, 0.2) is 0 Å². The number of imidazole rings is 1. The van der Waals surface area contributed by atoms with Gasteiger partial charge in [-0.05, 0) is 12.1 Å². The highest BCUT2D eigenvalue weighted by atomic mass is 32.2. The number of benzene rings is 1. The Morgan fingerprint density at radius 2 is 2.44 bits per heavy atom. The van der Waals surface area contributed by atoms with Crippen molar-refractivity contribution in [2.75, 3.05) is 18.1 Å². The Hall–Kier alpha value is -1.07. The Morgan fingerprint density at radius 1 is 1.56 bits per heavy atom. The van der Waals surface area contributed by atoms with E-state index in [9.17, 15) is 4.39 Å². The predicted molar refractivity (Wildman–Crippen MR) is 73.5 cm³/mol. The van der Waals surface area contributed by atoms with E-state index in [1.54, 1.807) is 6.07 Å². The van der Waals surface area contributed by atoms with E-state index in [-0.39, 0.29) is 5.82 Å². The lowest BCUT2D eigenvalue weighted by Crippen LogP contribution is -2.39. The van der Waals surface area contributed by atoms with Crippen LogP contribution in [0.4, 0.5) is 4.39 Å². The van der Waals surface area contributed by atoms with Gasteiger partial charge in [0, 0.05) is 37.6 Å². The number of aromatic nitrogens is 2. The maximum Gasteiger partial charge on any atom is 0.149 e. The van der Waals surface area contributed by atoms with Gasteiger partial charge in [-0.25, -0.2) is 9.37 Å². The number of nitrogens with zero attached hydrogens (tertiary/aromatic N) is 2. The maximum atomic E-state index is 13.8. The summed E-state index contributed by atoms with van der Waals surface area (Å²) in [4.78, 5) is 4.54. The zero-order chi connectivity index (χ0) is 12.5. The van der Waals surface area contributed by atoms with E-state index in [0.29, 0.717) is 11.6 Å². The van der Waals surface area contributed by atoms with Crippen molar-refractivity contribution in [3.8, 4) is 0 Å². The fraction of sp³-hybridized carbons (Fsp3) is 0.462. The summed E-state index contributed by atoms with van der Waals surface area (Å²) in [6.45, 7) is 1.05. The number of para-hydroxylation sites is 1. The second-order valence-electron chi connectivity index (χ2n) is 4.62. The van der Waals surface area contributed by atoms with E-state index in [1.807, 2.05) is 29.4 Å². The molecule has 96 valence electrons. The minimum atomic E-state index is -0.195. The van der Waals surface area contributed by atoms with Gasteiger partial charge in [0.25, 0.3) is 0 Å². The first kappa shape index (κ1) is 12.0. The first-order valence-corrected chi connectivity index (χ1v) is 7.32. The van der Waals surface area contributed by atoms with Gasteiger partial charge >= 0.3 is 0 Å². The summed E-state index contributed by atoms with van der Waals surface area (Å²) < 4.78 is 15.6. The fourth-order valence-corrected chi connectivity index (χ4v) is 3.37. The fourth-order valence-electron chi connectivity index (χ4n) is 2.42. The van der Waals surface area contributed by atoms with Gasteiger partial charge in [0.2, 0.25) is 0 Å². The molecule has 0 bridgehead atoms. The van der Waals surface area contributed by atoms with Crippen molar-refractivity contribution in [2.24, 2.45) is 7.05 Å². The number of halogens is 1. The Balaban J connectivity index is 1.92. The number of hydrogen-bond donors (Lipinski definition) is 1. The normalized spacial score (nSPS) is 20.4. The quantitative estimate of drug-likeness (QED) is 0.900. The first-order chi connectivity index (χ1) is 8.75. The third kappa shape index (κ3) is 2.12. The van der Waals surface area contributed by atoms with Crippen molar-refractivity contribution in [3.63, 3.8) is 0 Å². The third-order valence-electron chi connectivity index (χ3n) is 3.36. The van der Waals surface area contributed by atoms with Crippen LogP contribution >= 0.6 is 11.8 Å². The molecule has 0 saturated carbocycles. The molecule has 0 aliphatic carbocycles. The summed E-state index contributed by atoms with van der Waals surface area (Å²) in [7, 11) is 1.89. The molecule has 3 rings (SSSR count). The lowest BCUT2D eigenvalue weighted by atomic mass is 10.2. The molecule has 1 aromatic heterocycles. The smallest absolute Gasteiger partial charge is 0.149 e. The van der Waals surface area contributed by atoms with Crippen LogP contribution in [-0.2, 0) is 13.5 Å². The molecule has 18 heavy (non-hydrogen) atoms. The van der Waals surface area contributed by atoms with Crippen molar-refractivity contribution in [1.82, 2.24) is 14.9 Å². The zero-order valence-corrected chi connectivity index (χ0v) is 11.1. The van der Waals surface area contributed by atoms with Crippen LogP contribution in [0.15, 0.2) is 18.2 Å². The van der Waals surface area contributed by atoms with E-state index in [4.69, 9.17) is 0 Å². The molecule has 0 radical (unpaired) electrons. The lowest BCUT2D eigenvalue weighted by Gasteiger charge is -2.22. The number of rotatable bonds is 2. The number of fused-ring (bicyclic) bond motifs is 1. The van der Waals surface area contributed by atoms with Crippen LogP contribution in [0, 0.1) is 5.82 Å². The van der Waals surface area contributed by atoms with Gasteiger partial charge in [0.1, 0.15) is 17.2 Å². The molecule has 0 amide bonds. The number of thioether (sulfide) groups is 1. The van der Waals surface area contributed by atoms with E-state index in [1.165, 1.54) is 11.8 Å². The topological polar surface area (TPSA) is 29.9 Å². The van der Waals surface area contributed by atoms with E-state index in [2.05, 4.69) is 10.3 Å². The van der Waals surface area contributed by atoms with E-state index in [0.717, 1.165) is 30.1 Å². The molecule has 1 aliphatic rings. The van der Waals surface area contributed by atoms with Gasteiger partial charge < -0.3 is 9.88 Å². The van der Waals surface area contributed by atoms with Crippen molar-refractivity contribution in [1.29, 1.82) is 0 Å². The van der Waals surface area contributed by atoms with Gasteiger partial charge in [0.05, 0.1) is 5.52 Å². The molecular formula is C13H16FN3S. The van der Waals surface area contributed by atoms with Crippen molar-refractivity contribution >= 4 is 22.8 Å². The highest BCUT2D eigenvalue weighted by Gasteiger charge is 2.18. The number of aryl methyl sites for hydroxylation is 1. The summed E-state index contributed by atoms with van der Waals surface area (Å²) in [6.07, 6.45) is 0.859. The summed E-state index contributed by atoms with van der Waals surface area (Å²) in [5.41, 5.74) is 1.35. The van der Waals surface area contributed by atoms with Gasteiger partial charge in [-0.2, -0.15) is 11.8 Å². The molecule has 3 nitrogen and oxygen atoms in total. The Bertz CT molecular complexity index is 561. The molecule has 1 aliphatic heterocycles. The largest absolute Gasteiger partial charge is 0.329 e. The average Bonchev–Trinajstić information content (AvgIpc) is 2.69. The molecule has 5 heteroatoms. The van der Waals surface area contributed by atoms with Crippen molar-refractivity contribution in [3.05, 3.63) is 29.8 Å². The van der Waals surface area contributed by atoms with Crippen molar-refractivity contribution in [2.45, 2.75) is 12.5 Å². The molecule has 1 N–H and O–H groups in total. The van der Waals surface area contributed by atoms with Crippen LogP contribution in [0.2, 0.25) is 0 Å². The highest BCUT2D eigenvalue weighted by molar-refractivity contribution is 7.99. The van der Waals surface area contributed by atoms with Crippen LogP contribution < -0.4 is 5.32 Å². The Labute approximate surface area is 110 Å². The second kappa shape index (κ2) is 4.90. The van der Waals surface area contributed by atoms with E-state index < -0.39 is 0 Å². The molecule has 1 fully saturated rings. The van der Waals surface area contributed by atoms with Crippen LogP contribution in [0.25, 0.3) is 11.0 Å². The molecule has 2 heterocycles. The summed E-state index contributed by atoms with van der Waals surface area (Å²) in [6, 6.07) is 5.51. The van der Waals surface area contributed by atoms with Gasteiger partial charge in [-0.15, -0.1) is 0 Å². The Morgan fingerprint density at radius 3 is 3.17 bits per heavy atom. The van der Waals surface area contributed by atoms with Crippen molar-refractivity contribution < 1.29 is 4.39 Å². The van der Waals surface area contributed by atoms with Gasteiger partial charge in [-0.1, -0.05) is 6.07 Å². The van der Waals surface area contributed by atoms with Crippen LogP contribution in [0.3, 0.4) is 0 Å². The standard InChI is InChI=1S/C13H16FN3S/c1-17-12(7-9-8-18-6-5-15-9)16-11-4-2-3-10(14)13(11)17/h2-4,9,15H,5-8H2,1H3.